The summed E-state index contributed by atoms with van der Waals surface area (Å²) in [5.74, 6) is 0.535. The smallest absolute Gasteiger partial charge is 0.333 e. The number of benzene rings is 3. The SMILES string of the molecule is CCOc1cc(/C=C2/NC(=O)N(c3ccccc3)C2=O)c(Br)cc1OCc1ccc(Cl)cc1Cl. The second kappa shape index (κ2) is 10.5. The van der Waals surface area contributed by atoms with Crippen molar-refractivity contribution in [2.45, 2.75) is 13.5 Å². The van der Waals surface area contributed by atoms with Gasteiger partial charge in [0, 0.05) is 20.1 Å². The normalized spacial score (nSPS) is 14.5. The number of nitrogens with zero attached hydrogens (tertiary/aromatic N) is 1. The molecule has 0 atom stereocenters. The van der Waals surface area contributed by atoms with Gasteiger partial charge in [0.2, 0.25) is 0 Å². The molecule has 1 fully saturated rings. The minimum absolute atomic E-state index is 0.151. The minimum atomic E-state index is -0.511. The number of rotatable bonds is 7. The molecule has 1 aliphatic heterocycles. The van der Waals surface area contributed by atoms with E-state index in [-0.39, 0.29) is 12.3 Å². The zero-order valence-corrected chi connectivity index (χ0v) is 21.1. The molecule has 1 heterocycles. The van der Waals surface area contributed by atoms with Crippen molar-refractivity contribution in [2.24, 2.45) is 0 Å². The highest BCUT2D eigenvalue weighted by Gasteiger charge is 2.34. The molecule has 1 N–H and O–H groups in total. The van der Waals surface area contributed by atoms with Gasteiger partial charge in [-0.1, -0.05) is 63.4 Å². The van der Waals surface area contributed by atoms with E-state index >= 15 is 0 Å². The highest BCUT2D eigenvalue weighted by atomic mass is 79.9. The van der Waals surface area contributed by atoms with Gasteiger partial charge in [-0.05, 0) is 55.0 Å². The van der Waals surface area contributed by atoms with Crippen LogP contribution in [-0.2, 0) is 11.4 Å². The lowest BCUT2D eigenvalue weighted by Gasteiger charge is -2.15. The minimum Gasteiger partial charge on any atom is -0.490 e. The molecule has 174 valence electrons. The van der Waals surface area contributed by atoms with Gasteiger partial charge in [0.05, 0.1) is 12.3 Å². The zero-order chi connectivity index (χ0) is 24.2. The van der Waals surface area contributed by atoms with Crippen LogP contribution in [0.25, 0.3) is 6.08 Å². The van der Waals surface area contributed by atoms with Crippen LogP contribution >= 0.6 is 39.1 Å². The molecule has 0 unspecified atom stereocenters. The summed E-state index contributed by atoms with van der Waals surface area (Å²) in [5.41, 5.74) is 2.06. The molecule has 0 bridgehead atoms. The first-order chi connectivity index (χ1) is 16.4. The number of halogens is 3. The second-order valence-electron chi connectivity index (χ2n) is 7.24. The number of imide groups is 1. The van der Waals surface area contributed by atoms with Gasteiger partial charge in [-0.15, -0.1) is 0 Å². The third-order valence-corrected chi connectivity index (χ3v) is 6.23. The molecule has 6 nitrogen and oxygen atoms in total. The first-order valence-corrected chi connectivity index (χ1v) is 11.9. The molecule has 3 aromatic carbocycles. The van der Waals surface area contributed by atoms with Crippen LogP contribution in [0.1, 0.15) is 18.1 Å². The maximum atomic E-state index is 12.9. The van der Waals surface area contributed by atoms with Crippen molar-refractivity contribution in [1.82, 2.24) is 5.32 Å². The highest BCUT2D eigenvalue weighted by molar-refractivity contribution is 9.10. The molecule has 3 aromatic rings. The Morgan fingerprint density at radius 3 is 2.44 bits per heavy atom. The van der Waals surface area contributed by atoms with Gasteiger partial charge in [0.25, 0.3) is 5.91 Å². The van der Waals surface area contributed by atoms with E-state index in [9.17, 15) is 9.59 Å². The lowest BCUT2D eigenvalue weighted by Crippen LogP contribution is -2.30. The third kappa shape index (κ3) is 5.22. The van der Waals surface area contributed by atoms with Crippen LogP contribution in [-0.4, -0.2) is 18.5 Å². The van der Waals surface area contributed by atoms with E-state index in [4.69, 9.17) is 32.7 Å². The maximum absolute atomic E-state index is 12.9. The number of ether oxygens (including phenoxy) is 2. The van der Waals surface area contributed by atoms with Crippen LogP contribution < -0.4 is 19.7 Å². The van der Waals surface area contributed by atoms with Crippen LogP contribution in [0.15, 0.2) is 70.8 Å². The lowest BCUT2D eigenvalue weighted by atomic mass is 10.1. The van der Waals surface area contributed by atoms with Crippen molar-refractivity contribution in [3.05, 3.63) is 92.0 Å². The van der Waals surface area contributed by atoms with Gasteiger partial charge >= 0.3 is 6.03 Å². The first-order valence-electron chi connectivity index (χ1n) is 10.3. The molecule has 4 rings (SSSR count). The van der Waals surface area contributed by atoms with Crippen LogP contribution in [0.3, 0.4) is 0 Å². The zero-order valence-electron chi connectivity index (χ0n) is 18.0. The van der Waals surface area contributed by atoms with Crippen LogP contribution in [0.5, 0.6) is 11.5 Å². The van der Waals surface area contributed by atoms with Crippen LogP contribution in [0, 0.1) is 0 Å². The van der Waals surface area contributed by atoms with Gasteiger partial charge in [0.15, 0.2) is 11.5 Å². The predicted molar refractivity (Wildman–Crippen MR) is 137 cm³/mol. The number of para-hydroxylation sites is 1. The largest absolute Gasteiger partial charge is 0.490 e. The van der Waals surface area contributed by atoms with E-state index in [1.54, 1.807) is 60.7 Å². The molecule has 1 saturated heterocycles. The quantitative estimate of drug-likeness (QED) is 0.253. The molecule has 0 aromatic heterocycles. The number of amides is 3. The summed E-state index contributed by atoms with van der Waals surface area (Å²) < 4.78 is 12.4. The van der Waals surface area contributed by atoms with E-state index in [2.05, 4.69) is 21.2 Å². The fraction of sp³-hybridized carbons (Fsp3) is 0.120. The Labute approximate surface area is 215 Å². The van der Waals surface area contributed by atoms with Crippen LogP contribution in [0.2, 0.25) is 10.0 Å². The summed E-state index contributed by atoms with van der Waals surface area (Å²) in [5, 5.41) is 3.68. The van der Waals surface area contributed by atoms with Crippen molar-refractivity contribution in [3.8, 4) is 11.5 Å². The van der Waals surface area contributed by atoms with Crippen molar-refractivity contribution >= 4 is 62.8 Å². The summed E-state index contributed by atoms with van der Waals surface area (Å²) >= 11 is 15.7. The van der Waals surface area contributed by atoms with E-state index < -0.39 is 11.9 Å². The van der Waals surface area contributed by atoms with Gasteiger partial charge < -0.3 is 14.8 Å². The number of nitrogens with one attached hydrogen (secondary N) is 1. The Morgan fingerprint density at radius 2 is 1.74 bits per heavy atom. The van der Waals surface area contributed by atoms with Crippen LogP contribution in [0.4, 0.5) is 10.5 Å². The molecular weight excluding hydrogens is 543 g/mol. The molecule has 0 spiro atoms. The number of carbonyl (C=O) groups excluding carboxylic acids is 2. The van der Waals surface area contributed by atoms with E-state index in [1.807, 2.05) is 13.0 Å². The first kappa shape index (κ1) is 24.1. The molecule has 3 amide bonds. The van der Waals surface area contributed by atoms with Gasteiger partial charge in [-0.25, -0.2) is 9.69 Å². The van der Waals surface area contributed by atoms with Crippen molar-refractivity contribution in [1.29, 1.82) is 0 Å². The third-order valence-electron chi connectivity index (χ3n) is 4.95. The average molecular weight is 562 g/mol. The van der Waals surface area contributed by atoms with E-state index in [1.165, 1.54) is 0 Å². The summed E-state index contributed by atoms with van der Waals surface area (Å²) in [6.45, 7) is 2.48. The fourth-order valence-corrected chi connectivity index (χ4v) is 4.24. The molecule has 1 aliphatic rings. The molecular formula is C25H19BrCl2N2O4. The highest BCUT2D eigenvalue weighted by Crippen LogP contribution is 2.36. The molecule has 9 heteroatoms. The van der Waals surface area contributed by atoms with E-state index in [0.717, 1.165) is 10.5 Å². The summed E-state index contributed by atoms with van der Waals surface area (Å²) in [4.78, 5) is 26.4. The van der Waals surface area contributed by atoms with Gasteiger partial charge in [-0.3, -0.25) is 4.79 Å². The van der Waals surface area contributed by atoms with Gasteiger partial charge in [0.1, 0.15) is 12.3 Å². The Kier molecular flexibility index (Phi) is 7.46. The topological polar surface area (TPSA) is 67.9 Å². The number of hydrogen-bond donors (Lipinski definition) is 1. The summed E-state index contributed by atoms with van der Waals surface area (Å²) in [6.07, 6.45) is 1.59. The summed E-state index contributed by atoms with van der Waals surface area (Å²) in [6, 6.07) is 16.9. The Hall–Kier alpha value is -3.00. The van der Waals surface area contributed by atoms with E-state index in [0.29, 0.717) is 43.9 Å². The number of urea groups is 1. The Balaban J connectivity index is 1.60. The average Bonchev–Trinajstić information content (AvgIpc) is 3.09. The maximum Gasteiger partial charge on any atom is 0.333 e. The number of hydrogen-bond acceptors (Lipinski definition) is 4. The van der Waals surface area contributed by atoms with Crippen molar-refractivity contribution in [3.63, 3.8) is 0 Å². The van der Waals surface area contributed by atoms with Crippen molar-refractivity contribution < 1.29 is 19.1 Å². The lowest BCUT2D eigenvalue weighted by molar-refractivity contribution is -0.113. The standard InChI is InChI=1S/C25H19BrCl2N2O4/c1-2-33-22-11-16(10-21-24(31)30(25(32)29-21)18-6-4-3-5-7-18)19(26)13-23(22)34-14-15-8-9-17(27)12-20(15)28/h3-13H,2,14H2,1H3,(H,29,32)/b21-10+. The fourth-order valence-electron chi connectivity index (χ4n) is 3.34. The molecule has 0 saturated carbocycles. The van der Waals surface area contributed by atoms with Gasteiger partial charge in [-0.2, -0.15) is 0 Å². The number of carbonyl (C=O) groups is 2. The predicted octanol–water partition coefficient (Wildman–Crippen LogP) is 6.83. The Bertz CT molecular complexity index is 1280. The second-order valence-corrected chi connectivity index (χ2v) is 8.94. The molecule has 0 aliphatic carbocycles. The Morgan fingerprint density at radius 1 is 1.00 bits per heavy atom. The summed E-state index contributed by atoms with van der Waals surface area (Å²) in [7, 11) is 0. The number of anilines is 1. The molecule has 0 radical (unpaired) electrons. The molecule has 34 heavy (non-hydrogen) atoms. The monoisotopic (exact) mass is 560 g/mol. The van der Waals surface area contributed by atoms with Crippen molar-refractivity contribution in [2.75, 3.05) is 11.5 Å².